The molecule has 1 amide bonds. The van der Waals surface area contributed by atoms with Gasteiger partial charge in [0.25, 0.3) is 15.9 Å². The molecular weight excluding hydrogens is 340 g/mol. The highest BCUT2D eigenvalue weighted by molar-refractivity contribution is 7.90. The fourth-order valence-electron chi connectivity index (χ4n) is 2.04. The number of fused-ring (bicyclic) bond motifs is 1. The molecule has 3 heterocycles. The van der Waals surface area contributed by atoms with E-state index in [1.165, 1.54) is 24.5 Å². The van der Waals surface area contributed by atoms with Gasteiger partial charge < -0.3 is 4.40 Å². The maximum absolute atomic E-state index is 12.2. The van der Waals surface area contributed by atoms with Crippen LogP contribution in [0.15, 0.2) is 47.9 Å². The number of carbonyl (C=O) groups excluding carboxylic acids is 1. The highest BCUT2D eigenvalue weighted by Gasteiger charge is 2.21. The normalized spacial score (nSPS) is 11.6. The predicted octanol–water partition coefficient (Wildman–Crippen LogP) is 1.81. The van der Waals surface area contributed by atoms with Gasteiger partial charge >= 0.3 is 0 Å². The lowest BCUT2D eigenvalue weighted by Crippen LogP contribution is -2.30. The molecule has 0 saturated heterocycles. The van der Waals surface area contributed by atoms with Gasteiger partial charge in [0.2, 0.25) is 0 Å². The molecule has 3 aromatic heterocycles. The molecule has 0 aliphatic carbocycles. The number of aryl methyl sites for hydroxylation is 1. The van der Waals surface area contributed by atoms with Gasteiger partial charge in [0.15, 0.2) is 5.65 Å². The van der Waals surface area contributed by atoms with E-state index in [0.29, 0.717) is 10.7 Å². The standard InChI is InChI=1S/C14H11ClN4O3S/c1-9-5-11(15)13-17-12(8-19(13)7-9)14(20)18-23(21,22)10-3-2-4-16-6-10/h2-8H,1H3,(H,18,20). The average molecular weight is 351 g/mol. The zero-order valence-electron chi connectivity index (χ0n) is 11.9. The van der Waals surface area contributed by atoms with Crippen molar-refractivity contribution < 1.29 is 13.2 Å². The van der Waals surface area contributed by atoms with Gasteiger partial charge in [-0.15, -0.1) is 0 Å². The monoisotopic (exact) mass is 350 g/mol. The van der Waals surface area contributed by atoms with Crippen molar-refractivity contribution in [2.75, 3.05) is 0 Å². The van der Waals surface area contributed by atoms with Gasteiger partial charge in [-0.3, -0.25) is 9.78 Å². The minimum Gasteiger partial charge on any atom is -0.305 e. The molecule has 0 spiro atoms. The zero-order valence-corrected chi connectivity index (χ0v) is 13.5. The van der Waals surface area contributed by atoms with Crippen molar-refractivity contribution in [1.82, 2.24) is 19.1 Å². The van der Waals surface area contributed by atoms with E-state index in [2.05, 4.69) is 9.97 Å². The van der Waals surface area contributed by atoms with E-state index in [0.717, 1.165) is 11.8 Å². The highest BCUT2D eigenvalue weighted by atomic mass is 35.5. The number of carbonyl (C=O) groups is 1. The number of aromatic nitrogens is 3. The van der Waals surface area contributed by atoms with Crippen LogP contribution in [0.4, 0.5) is 0 Å². The van der Waals surface area contributed by atoms with Gasteiger partial charge in [-0.25, -0.2) is 18.1 Å². The van der Waals surface area contributed by atoms with Crippen molar-refractivity contribution in [1.29, 1.82) is 0 Å². The Bertz CT molecular complexity index is 1000. The molecule has 0 radical (unpaired) electrons. The molecule has 3 aromatic rings. The second kappa shape index (κ2) is 5.64. The Morgan fingerprint density at radius 2 is 2.13 bits per heavy atom. The van der Waals surface area contributed by atoms with Crippen molar-refractivity contribution in [3.8, 4) is 0 Å². The van der Waals surface area contributed by atoms with Crippen LogP contribution in [0.2, 0.25) is 5.02 Å². The lowest BCUT2D eigenvalue weighted by atomic mass is 10.3. The fourth-order valence-corrected chi connectivity index (χ4v) is 3.27. The van der Waals surface area contributed by atoms with E-state index in [1.807, 2.05) is 11.6 Å². The van der Waals surface area contributed by atoms with Crippen LogP contribution >= 0.6 is 11.6 Å². The van der Waals surface area contributed by atoms with Crippen LogP contribution in [0.1, 0.15) is 16.1 Å². The van der Waals surface area contributed by atoms with Crippen molar-refractivity contribution in [3.63, 3.8) is 0 Å². The summed E-state index contributed by atoms with van der Waals surface area (Å²) in [7, 11) is -4.01. The van der Waals surface area contributed by atoms with Crippen molar-refractivity contribution >= 4 is 33.2 Å². The largest absolute Gasteiger partial charge is 0.305 e. The Balaban J connectivity index is 1.94. The molecule has 0 atom stereocenters. The summed E-state index contributed by atoms with van der Waals surface area (Å²) >= 11 is 6.07. The number of sulfonamides is 1. The van der Waals surface area contributed by atoms with Gasteiger partial charge in [-0.2, -0.15) is 0 Å². The van der Waals surface area contributed by atoms with E-state index in [-0.39, 0.29) is 10.6 Å². The SMILES string of the molecule is Cc1cc(Cl)c2nc(C(=O)NS(=O)(=O)c3cccnc3)cn2c1. The second-order valence-electron chi connectivity index (χ2n) is 4.85. The van der Waals surface area contributed by atoms with Crippen LogP contribution < -0.4 is 4.72 Å². The summed E-state index contributed by atoms with van der Waals surface area (Å²) in [6.07, 6.45) is 5.75. The van der Waals surface area contributed by atoms with Crippen LogP contribution in [0, 0.1) is 6.92 Å². The molecule has 0 aromatic carbocycles. The number of hydrogen-bond acceptors (Lipinski definition) is 5. The molecule has 9 heteroatoms. The Morgan fingerprint density at radius 1 is 1.35 bits per heavy atom. The van der Waals surface area contributed by atoms with Gasteiger partial charge in [0.1, 0.15) is 10.6 Å². The maximum Gasteiger partial charge on any atom is 0.285 e. The van der Waals surface area contributed by atoms with E-state index in [4.69, 9.17) is 11.6 Å². The number of nitrogens with zero attached hydrogens (tertiary/aromatic N) is 3. The van der Waals surface area contributed by atoms with E-state index < -0.39 is 15.9 Å². The van der Waals surface area contributed by atoms with Crippen LogP contribution in [0.3, 0.4) is 0 Å². The van der Waals surface area contributed by atoms with E-state index in [1.54, 1.807) is 16.7 Å². The molecule has 23 heavy (non-hydrogen) atoms. The summed E-state index contributed by atoms with van der Waals surface area (Å²) in [5.74, 6) is -0.841. The molecule has 0 fully saturated rings. The van der Waals surface area contributed by atoms with Gasteiger partial charge in [-0.1, -0.05) is 11.6 Å². The summed E-state index contributed by atoms with van der Waals surface area (Å²) in [5.41, 5.74) is 1.21. The van der Waals surface area contributed by atoms with Crippen LogP contribution in [-0.2, 0) is 10.0 Å². The summed E-state index contributed by atoms with van der Waals surface area (Å²) in [6.45, 7) is 1.85. The van der Waals surface area contributed by atoms with Crippen molar-refractivity contribution in [3.05, 3.63) is 59.3 Å². The maximum atomic E-state index is 12.2. The number of pyridine rings is 2. The molecule has 118 valence electrons. The highest BCUT2D eigenvalue weighted by Crippen LogP contribution is 2.19. The van der Waals surface area contributed by atoms with Crippen LogP contribution in [0.5, 0.6) is 0 Å². The summed E-state index contributed by atoms with van der Waals surface area (Å²) < 4.78 is 27.8. The Hall–Kier alpha value is -2.45. The van der Waals surface area contributed by atoms with Crippen molar-refractivity contribution in [2.24, 2.45) is 0 Å². The first-order valence-electron chi connectivity index (χ1n) is 6.49. The summed E-state index contributed by atoms with van der Waals surface area (Å²) in [6, 6.07) is 4.51. The zero-order chi connectivity index (χ0) is 16.6. The molecule has 0 saturated carbocycles. The molecule has 0 unspecified atom stereocenters. The lowest BCUT2D eigenvalue weighted by molar-refractivity contribution is 0.0977. The predicted molar refractivity (Wildman–Crippen MR) is 83.8 cm³/mol. The molecule has 0 aliphatic heterocycles. The summed E-state index contributed by atoms with van der Waals surface area (Å²) in [4.78, 5) is 19.9. The van der Waals surface area contributed by atoms with Crippen LogP contribution in [0.25, 0.3) is 5.65 Å². The third-order valence-electron chi connectivity index (χ3n) is 3.05. The minimum absolute atomic E-state index is 0.0510. The minimum atomic E-state index is -4.01. The number of rotatable bonds is 3. The van der Waals surface area contributed by atoms with Gasteiger partial charge in [0.05, 0.1) is 5.02 Å². The number of hydrogen-bond donors (Lipinski definition) is 1. The number of imidazole rings is 1. The number of nitrogens with one attached hydrogen (secondary N) is 1. The third-order valence-corrected chi connectivity index (χ3v) is 4.64. The molecule has 3 rings (SSSR count). The molecule has 0 aliphatic rings. The van der Waals surface area contributed by atoms with Gasteiger partial charge in [-0.05, 0) is 30.7 Å². The first-order chi connectivity index (χ1) is 10.9. The van der Waals surface area contributed by atoms with E-state index >= 15 is 0 Å². The van der Waals surface area contributed by atoms with Crippen molar-refractivity contribution in [2.45, 2.75) is 11.8 Å². The summed E-state index contributed by atoms with van der Waals surface area (Å²) in [5, 5.41) is 0.374. The first-order valence-corrected chi connectivity index (χ1v) is 8.35. The number of halogens is 1. The Morgan fingerprint density at radius 3 is 2.83 bits per heavy atom. The first kappa shape index (κ1) is 15.4. The third kappa shape index (κ3) is 3.03. The van der Waals surface area contributed by atoms with Gasteiger partial charge in [0, 0.05) is 24.8 Å². The van der Waals surface area contributed by atoms with Crippen LogP contribution in [-0.4, -0.2) is 28.7 Å². The molecule has 7 nitrogen and oxygen atoms in total. The Kier molecular flexibility index (Phi) is 3.78. The number of amides is 1. The topological polar surface area (TPSA) is 93.4 Å². The lowest BCUT2D eigenvalue weighted by Gasteiger charge is -2.04. The molecule has 1 N–H and O–H groups in total. The quantitative estimate of drug-likeness (QED) is 0.777. The Labute approximate surface area is 137 Å². The smallest absolute Gasteiger partial charge is 0.285 e. The van der Waals surface area contributed by atoms with E-state index in [9.17, 15) is 13.2 Å². The molecular formula is C14H11ClN4O3S. The average Bonchev–Trinajstić information content (AvgIpc) is 2.92. The fraction of sp³-hybridized carbons (Fsp3) is 0.0714. The second-order valence-corrected chi connectivity index (χ2v) is 6.94. The molecule has 0 bridgehead atoms.